The van der Waals surface area contributed by atoms with Crippen LogP contribution in [0, 0.1) is 5.41 Å². The first kappa shape index (κ1) is 18.2. The van der Waals surface area contributed by atoms with Crippen LogP contribution in [0.25, 0.3) is 0 Å². The van der Waals surface area contributed by atoms with Gasteiger partial charge in [-0.2, -0.15) is 0 Å². The van der Waals surface area contributed by atoms with E-state index in [9.17, 15) is 0 Å². The molecule has 1 saturated heterocycles. The topological polar surface area (TPSA) is 22.9 Å². The molecule has 3 nitrogen and oxygen atoms in total. The smallest absolute Gasteiger partial charge is 0.0742 e. The van der Waals surface area contributed by atoms with Gasteiger partial charge in [-0.3, -0.25) is 0 Å². The third-order valence-corrected chi connectivity index (χ3v) is 5.58. The van der Waals surface area contributed by atoms with E-state index >= 15 is 0 Å². The molecule has 0 saturated carbocycles. The minimum Gasteiger partial charge on any atom is -0.336 e. The Labute approximate surface area is 120 Å². The van der Waals surface area contributed by atoms with Gasteiger partial charge in [0.2, 0.25) is 0 Å². The summed E-state index contributed by atoms with van der Waals surface area (Å²) >= 11 is 7.78. The summed E-state index contributed by atoms with van der Waals surface area (Å²) in [5.41, 5.74) is -1.83. The molecule has 1 heterocycles. The predicted octanol–water partition coefficient (Wildman–Crippen LogP) is 2.03. The van der Waals surface area contributed by atoms with Gasteiger partial charge in [-0.1, -0.05) is 0 Å². The van der Waals surface area contributed by atoms with E-state index in [4.69, 9.17) is 21.3 Å². The van der Waals surface area contributed by atoms with Crippen molar-refractivity contribution in [1.29, 1.82) is 0 Å². The molecular weight excluding hydrogens is 320 g/mol. The summed E-state index contributed by atoms with van der Waals surface area (Å²) in [6.45, 7) is 16.1. The zero-order valence-corrected chi connectivity index (χ0v) is 15.0. The van der Waals surface area contributed by atoms with E-state index in [1.54, 1.807) is 4.90 Å². The van der Waals surface area contributed by atoms with E-state index in [1.165, 1.54) is 19.6 Å². The molecule has 6 heteroatoms. The minimum atomic E-state index is -1.96. The molecule has 1 aliphatic rings. The van der Waals surface area contributed by atoms with Crippen LogP contribution in [0.2, 0.25) is 0 Å². The minimum absolute atomic E-state index is 0.131. The Morgan fingerprint density at radius 3 is 1.65 bits per heavy atom. The molecule has 0 spiro atoms. The zero-order valence-electron chi connectivity index (χ0n) is 11.6. The third-order valence-electron chi connectivity index (χ3n) is 2.73. The molecule has 0 aromatic heterocycles. The standard InChI is InChI=1S/C6H15N.C5H10O2PSSe/c1-4-7(5-2)6-3;1-5(2)3-6-8(9,10)7-4-5/h4-6H2,1-3H3;3-4H2,1-2H3/p+1. The van der Waals surface area contributed by atoms with Crippen LogP contribution >= 0.6 is 17.9 Å². The molecule has 0 atom stereocenters. The van der Waals surface area contributed by atoms with Crippen LogP contribution in [0.5, 0.6) is 0 Å². The largest absolute Gasteiger partial charge is 0.336 e. The molecule has 0 aromatic rings. The van der Waals surface area contributed by atoms with Crippen molar-refractivity contribution >= 4 is 33.4 Å². The number of hydrogen-bond acceptors (Lipinski definition) is 2. The Morgan fingerprint density at radius 1 is 1.12 bits per heavy atom. The van der Waals surface area contributed by atoms with Gasteiger partial charge in [-0.05, 0) is 20.8 Å². The fourth-order valence-electron chi connectivity index (χ4n) is 1.34. The summed E-state index contributed by atoms with van der Waals surface area (Å²) in [5, 5.41) is 0. The molecule has 1 aliphatic heterocycles. The van der Waals surface area contributed by atoms with Crippen molar-refractivity contribution in [1.82, 2.24) is 0 Å². The van der Waals surface area contributed by atoms with Gasteiger partial charge >= 0.3 is 75.0 Å². The predicted molar refractivity (Wildman–Crippen MR) is 78.5 cm³/mol. The van der Waals surface area contributed by atoms with E-state index in [-0.39, 0.29) is 5.41 Å². The molecule has 1 fully saturated rings. The zero-order chi connectivity index (χ0) is 13.5. The molecule has 103 valence electrons. The molecule has 0 aromatic carbocycles. The number of nitrogens with one attached hydrogen (secondary N) is 1. The average molecular weight is 346 g/mol. The fourth-order valence-corrected chi connectivity index (χ4v) is 3.41. The Morgan fingerprint density at radius 2 is 1.47 bits per heavy atom. The average Bonchev–Trinajstić information content (AvgIpc) is 2.27. The summed E-state index contributed by atoms with van der Waals surface area (Å²) in [4.78, 5) is 1.68. The van der Waals surface area contributed by atoms with Gasteiger partial charge in [0.15, 0.2) is 0 Å². The SMILES string of the molecule is CC1(C)CO[P]([S])([Se])OC1.CC[NH+](CC)CC. The second-order valence-corrected chi connectivity index (χ2v) is 12.4. The second kappa shape index (κ2) is 8.37. The van der Waals surface area contributed by atoms with Crippen LogP contribution in [0.4, 0.5) is 0 Å². The first-order valence-electron chi connectivity index (χ1n) is 6.20. The van der Waals surface area contributed by atoms with Crippen molar-refractivity contribution in [3.05, 3.63) is 0 Å². The number of rotatable bonds is 3. The van der Waals surface area contributed by atoms with Gasteiger partial charge in [0.1, 0.15) is 0 Å². The molecule has 0 aliphatic carbocycles. The van der Waals surface area contributed by atoms with Gasteiger partial charge in [0, 0.05) is 0 Å². The van der Waals surface area contributed by atoms with E-state index in [0.29, 0.717) is 13.2 Å². The van der Waals surface area contributed by atoms with Crippen molar-refractivity contribution in [2.45, 2.75) is 34.6 Å². The van der Waals surface area contributed by atoms with E-state index in [1.807, 2.05) is 0 Å². The molecule has 0 amide bonds. The second-order valence-electron chi connectivity index (χ2n) is 4.97. The van der Waals surface area contributed by atoms with E-state index in [0.717, 1.165) is 0 Å². The number of hydrogen-bond donors (Lipinski definition) is 1. The van der Waals surface area contributed by atoms with Crippen molar-refractivity contribution in [3.63, 3.8) is 0 Å². The van der Waals surface area contributed by atoms with Gasteiger partial charge in [0.05, 0.1) is 19.6 Å². The van der Waals surface area contributed by atoms with Crippen LogP contribution in [-0.2, 0) is 9.05 Å². The van der Waals surface area contributed by atoms with Gasteiger partial charge in [-0.15, -0.1) is 0 Å². The van der Waals surface area contributed by atoms with Crippen LogP contribution in [0.3, 0.4) is 0 Å². The van der Waals surface area contributed by atoms with Gasteiger partial charge < -0.3 is 4.90 Å². The molecular formula is C11H26NO2PSSe+. The summed E-state index contributed by atoms with van der Waals surface area (Å²) in [7, 11) is 0. The summed E-state index contributed by atoms with van der Waals surface area (Å²) in [6, 6.07) is 0. The summed E-state index contributed by atoms with van der Waals surface area (Å²) in [6.07, 6.45) is 0. The molecule has 0 unspecified atom stereocenters. The summed E-state index contributed by atoms with van der Waals surface area (Å²) in [5.74, 6) is 0. The maximum Gasteiger partial charge on any atom is 0.0742 e. The maximum absolute atomic E-state index is 5.33. The first-order chi connectivity index (χ1) is 7.76. The van der Waals surface area contributed by atoms with Crippen LogP contribution < -0.4 is 4.90 Å². The normalized spacial score (nSPS) is 21.9. The van der Waals surface area contributed by atoms with Crippen molar-refractivity contribution in [2.24, 2.45) is 5.41 Å². The van der Waals surface area contributed by atoms with Crippen LogP contribution in [-0.4, -0.2) is 48.4 Å². The van der Waals surface area contributed by atoms with E-state index in [2.05, 4.69) is 50.2 Å². The van der Waals surface area contributed by atoms with Crippen molar-refractivity contribution < 1.29 is 13.9 Å². The summed E-state index contributed by atoms with van der Waals surface area (Å²) < 4.78 is 10.7. The molecule has 1 rings (SSSR count). The maximum atomic E-state index is 5.33. The first-order valence-corrected chi connectivity index (χ1v) is 11.1. The Balaban J connectivity index is 0.000000325. The monoisotopic (exact) mass is 347 g/mol. The third kappa shape index (κ3) is 8.82. The molecule has 17 heavy (non-hydrogen) atoms. The van der Waals surface area contributed by atoms with Crippen molar-refractivity contribution in [2.75, 3.05) is 32.8 Å². The Bertz CT molecular complexity index is 180. The Hall–Kier alpha value is 1.18. The van der Waals surface area contributed by atoms with Crippen molar-refractivity contribution in [3.8, 4) is 0 Å². The van der Waals surface area contributed by atoms with Gasteiger partial charge in [0.25, 0.3) is 0 Å². The molecule has 1 N–H and O–H groups in total. The quantitative estimate of drug-likeness (QED) is 0.624. The fraction of sp³-hybridized carbons (Fsp3) is 1.00. The van der Waals surface area contributed by atoms with Crippen LogP contribution in [0.1, 0.15) is 34.6 Å². The Kier molecular flexibility index (Phi) is 8.95. The van der Waals surface area contributed by atoms with E-state index < -0.39 is 5.61 Å². The molecule has 0 bridgehead atoms. The number of quaternary nitrogens is 1. The molecule has 3 radical (unpaired) electrons. The van der Waals surface area contributed by atoms with Gasteiger partial charge in [-0.25, -0.2) is 0 Å². The van der Waals surface area contributed by atoms with Crippen LogP contribution in [0.15, 0.2) is 0 Å².